The molecule has 1 saturated carbocycles. The molecule has 0 bridgehead atoms. The lowest BCUT2D eigenvalue weighted by Crippen LogP contribution is -2.21. The Labute approximate surface area is 103 Å². The van der Waals surface area contributed by atoms with E-state index in [2.05, 4.69) is 11.0 Å². The van der Waals surface area contributed by atoms with Crippen molar-refractivity contribution in [1.29, 1.82) is 0 Å². The summed E-state index contributed by atoms with van der Waals surface area (Å²) < 4.78 is 5.29. The topological polar surface area (TPSA) is 38.5 Å². The predicted molar refractivity (Wildman–Crippen MR) is 70.5 cm³/mol. The van der Waals surface area contributed by atoms with Crippen LogP contribution in [0.3, 0.4) is 0 Å². The molecule has 0 radical (unpaired) electrons. The first-order valence-corrected chi connectivity index (χ1v) is 6.47. The number of benzene rings is 1. The van der Waals surface area contributed by atoms with Crippen molar-refractivity contribution < 1.29 is 4.74 Å². The van der Waals surface area contributed by atoms with E-state index in [1.54, 1.807) is 7.11 Å². The van der Waals surface area contributed by atoms with E-state index >= 15 is 0 Å². The summed E-state index contributed by atoms with van der Waals surface area (Å²) in [7, 11) is 1.67. The molecule has 2 N–H and O–H groups in total. The standard InChI is InChI=1S/C14H20N2O/c1-17-13-7-3-6-12(14(13)15)16-8-10-4-2-5-11(10)9-16/h3,6-7,10-11H,2,4-5,8-9,15H2,1H3. The van der Waals surface area contributed by atoms with Crippen molar-refractivity contribution in [2.24, 2.45) is 11.8 Å². The second-order valence-corrected chi connectivity index (χ2v) is 5.25. The van der Waals surface area contributed by atoms with Crippen molar-refractivity contribution in [1.82, 2.24) is 0 Å². The summed E-state index contributed by atoms with van der Waals surface area (Å²) in [4.78, 5) is 2.44. The van der Waals surface area contributed by atoms with Crippen LogP contribution in [0.2, 0.25) is 0 Å². The van der Waals surface area contributed by atoms with Gasteiger partial charge in [0.15, 0.2) is 0 Å². The minimum Gasteiger partial charge on any atom is -0.495 e. The average Bonchev–Trinajstić information content (AvgIpc) is 2.89. The molecule has 0 aromatic heterocycles. The van der Waals surface area contributed by atoms with E-state index in [1.165, 1.54) is 32.4 Å². The summed E-state index contributed by atoms with van der Waals surface area (Å²) in [5.74, 6) is 2.57. The maximum Gasteiger partial charge on any atom is 0.143 e. The molecule has 2 atom stereocenters. The maximum atomic E-state index is 6.16. The van der Waals surface area contributed by atoms with Gasteiger partial charge in [0.05, 0.1) is 18.5 Å². The number of hydrogen-bond donors (Lipinski definition) is 1. The van der Waals surface area contributed by atoms with Crippen LogP contribution in [0.1, 0.15) is 19.3 Å². The summed E-state index contributed by atoms with van der Waals surface area (Å²) in [5.41, 5.74) is 8.10. The molecule has 3 rings (SSSR count). The number of rotatable bonds is 2. The molecule has 17 heavy (non-hydrogen) atoms. The zero-order chi connectivity index (χ0) is 11.8. The number of methoxy groups -OCH3 is 1. The molecule has 92 valence electrons. The van der Waals surface area contributed by atoms with Crippen LogP contribution in [0, 0.1) is 11.8 Å². The second kappa shape index (κ2) is 4.13. The Bertz CT molecular complexity index is 407. The Morgan fingerprint density at radius 2 is 1.94 bits per heavy atom. The fourth-order valence-corrected chi connectivity index (χ4v) is 3.42. The molecule has 3 nitrogen and oxygen atoms in total. The molecule has 1 aromatic carbocycles. The largest absolute Gasteiger partial charge is 0.495 e. The molecule has 2 aliphatic rings. The molecule has 0 amide bonds. The van der Waals surface area contributed by atoms with Gasteiger partial charge in [-0.1, -0.05) is 12.5 Å². The quantitative estimate of drug-likeness (QED) is 0.796. The highest BCUT2D eigenvalue weighted by Crippen LogP contribution is 2.42. The van der Waals surface area contributed by atoms with Crippen molar-refractivity contribution >= 4 is 11.4 Å². The molecule has 3 heteroatoms. The van der Waals surface area contributed by atoms with Crippen molar-refractivity contribution in [2.45, 2.75) is 19.3 Å². The van der Waals surface area contributed by atoms with Gasteiger partial charge in [0.25, 0.3) is 0 Å². The van der Waals surface area contributed by atoms with E-state index < -0.39 is 0 Å². The van der Waals surface area contributed by atoms with Crippen molar-refractivity contribution in [3.8, 4) is 5.75 Å². The molecule has 1 heterocycles. The van der Waals surface area contributed by atoms with Crippen LogP contribution in [0.15, 0.2) is 18.2 Å². The summed E-state index contributed by atoms with van der Waals surface area (Å²) in [6, 6.07) is 6.06. The number of nitrogen functional groups attached to an aromatic ring is 1. The van der Waals surface area contributed by atoms with Gasteiger partial charge in [0, 0.05) is 13.1 Å². The van der Waals surface area contributed by atoms with Gasteiger partial charge in [-0.05, 0) is 36.8 Å². The third-order valence-electron chi connectivity index (χ3n) is 4.33. The molecule has 1 saturated heterocycles. The smallest absolute Gasteiger partial charge is 0.143 e. The van der Waals surface area contributed by atoms with E-state index in [-0.39, 0.29) is 0 Å². The Morgan fingerprint density at radius 3 is 2.59 bits per heavy atom. The fraction of sp³-hybridized carbons (Fsp3) is 0.571. The van der Waals surface area contributed by atoms with Crippen molar-refractivity contribution in [2.75, 3.05) is 30.8 Å². The summed E-state index contributed by atoms with van der Waals surface area (Å²) >= 11 is 0. The second-order valence-electron chi connectivity index (χ2n) is 5.25. The molecule has 0 spiro atoms. The van der Waals surface area contributed by atoms with Crippen LogP contribution in [-0.4, -0.2) is 20.2 Å². The Balaban J connectivity index is 1.85. The molecule has 1 aliphatic carbocycles. The van der Waals surface area contributed by atoms with Crippen LogP contribution in [0.5, 0.6) is 5.75 Å². The first-order valence-electron chi connectivity index (χ1n) is 6.47. The van der Waals surface area contributed by atoms with Crippen LogP contribution in [0.25, 0.3) is 0 Å². The molecule has 2 fully saturated rings. The minimum atomic E-state index is 0.787. The third kappa shape index (κ3) is 1.74. The molecule has 1 aromatic rings. The zero-order valence-electron chi connectivity index (χ0n) is 10.4. The Kier molecular flexibility index (Phi) is 2.61. The lowest BCUT2D eigenvalue weighted by molar-refractivity contribution is 0.417. The van der Waals surface area contributed by atoms with Gasteiger partial charge < -0.3 is 15.4 Å². The molecule has 2 unspecified atom stereocenters. The van der Waals surface area contributed by atoms with Crippen molar-refractivity contribution in [3.63, 3.8) is 0 Å². The number of ether oxygens (including phenoxy) is 1. The lowest BCUT2D eigenvalue weighted by Gasteiger charge is -2.22. The highest BCUT2D eigenvalue weighted by atomic mass is 16.5. The minimum absolute atomic E-state index is 0.787. The van der Waals surface area contributed by atoms with Gasteiger partial charge in [-0.25, -0.2) is 0 Å². The van der Waals surface area contributed by atoms with E-state index in [1.807, 2.05) is 12.1 Å². The number of anilines is 2. The number of para-hydroxylation sites is 1. The molecular formula is C14H20N2O. The molecule has 1 aliphatic heterocycles. The van der Waals surface area contributed by atoms with Crippen LogP contribution >= 0.6 is 0 Å². The normalized spacial score (nSPS) is 27.2. The van der Waals surface area contributed by atoms with Gasteiger partial charge in [0.1, 0.15) is 5.75 Å². The number of fused-ring (bicyclic) bond motifs is 1. The zero-order valence-corrected chi connectivity index (χ0v) is 10.4. The van der Waals surface area contributed by atoms with Crippen LogP contribution < -0.4 is 15.4 Å². The van der Waals surface area contributed by atoms with E-state index in [0.29, 0.717) is 0 Å². The third-order valence-corrected chi connectivity index (χ3v) is 4.33. The number of nitrogens with two attached hydrogens (primary N) is 1. The SMILES string of the molecule is COc1cccc(N2CC3CCCC3C2)c1N. The van der Waals surface area contributed by atoms with E-state index in [4.69, 9.17) is 10.5 Å². The monoisotopic (exact) mass is 232 g/mol. The van der Waals surface area contributed by atoms with Gasteiger partial charge in [-0.15, -0.1) is 0 Å². The summed E-state index contributed by atoms with van der Waals surface area (Å²) in [5, 5.41) is 0. The van der Waals surface area contributed by atoms with Gasteiger partial charge in [-0.3, -0.25) is 0 Å². The Hall–Kier alpha value is -1.38. The van der Waals surface area contributed by atoms with Gasteiger partial charge >= 0.3 is 0 Å². The first kappa shape index (κ1) is 10.8. The highest BCUT2D eigenvalue weighted by molar-refractivity contribution is 5.74. The Morgan fingerprint density at radius 1 is 1.24 bits per heavy atom. The fourth-order valence-electron chi connectivity index (χ4n) is 3.42. The first-order chi connectivity index (χ1) is 8.29. The van der Waals surface area contributed by atoms with E-state index in [0.717, 1.165) is 29.0 Å². The van der Waals surface area contributed by atoms with E-state index in [9.17, 15) is 0 Å². The molecular weight excluding hydrogens is 212 g/mol. The van der Waals surface area contributed by atoms with Crippen molar-refractivity contribution in [3.05, 3.63) is 18.2 Å². The van der Waals surface area contributed by atoms with Crippen LogP contribution in [0.4, 0.5) is 11.4 Å². The number of nitrogens with zero attached hydrogens (tertiary/aromatic N) is 1. The highest BCUT2D eigenvalue weighted by Gasteiger charge is 2.36. The van der Waals surface area contributed by atoms with Crippen LogP contribution in [-0.2, 0) is 0 Å². The number of hydrogen-bond acceptors (Lipinski definition) is 3. The predicted octanol–water partition coefficient (Wildman–Crippen LogP) is 2.51. The lowest BCUT2D eigenvalue weighted by atomic mass is 10.0. The van der Waals surface area contributed by atoms with Gasteiger partial charge in [-0.2, -0.15) is 0 Å². The summed E-state index contributed by atoms with van der Waals surface area (Å²) in [6.07, 6.45) is 4.20. The average molecular weight is 232 g/mol. The van der Waals surface area contributed by atoms with Gasteiger partial charge in [0.2, 0.25) is 0 Å². The maximum absolute atomic E-state index is 6.16. The summed E-state index contributed by atoms with van der Waals surface area (Å²) in [6.45, 7) is 2.34.